The molecular formula is C13H19N3. The molecule has 0 amide bonds. The molecule has 0 bridgehead atoms. The van der Waals surface area contributed by atoms with Crippen molar-refractivity contribution in [1.82, 2.24) is 9.97 Å². The Kier molecular flexibility index (Phi) is 2.54. The summed E-state index contributed by atoms with van der Waals surface area (Å²) in [5, 5.41) is 3.24. The Bertz CT molecular complexity index is 379. The van der Waals surface area contributed by atoms with Gasteiger partial charge >= 0.3 is 0 Å². The molecule has 0 aliphatic heterocycles. The molecule has 86 valence electrons. The van der Waals surface area contributed by atoms with Crippen molar-refractivity contribution < 1.29 is 0 Å². The summed E-state index contributed by atoms with van der Waals surface area (Å²) in [6, 6.07) is 0. The molecule has 2 aliphatic carbocycles. The molecule has 0 atom stereocenters. The zero-order valence-corrected chi connectivity index (χ0v) is 9.92. The lowest BCUT2D eigenvalue weighted by atomic mass is 9.96. The quantitative estimate of drug-likeness (QED) is 0.844. The van der Waals surface area contributed by atoms with Gasteiger partial charge in [-0.1, -0.05) is 0 Å². The van der Waals surface area contributed by atoms with Crippen LogP contribution in [0.5, 0.6) is 0 Å². The van der Waals surface area contributed by atoms with Crippen LogP contribution < -0.4 is 5.32 Å². The van der Waals surface area contributed by atoms with E-state index in [9.17, 15) is 0 Å². The Morgan fingerprint density at radius 3 is 2.75 bits per heavy atom. The van der Waals surface area contributed by atoms with Gasteiger partial charge in [0.2, 0.25) is 0 Å². The summed E-state index contributed by atoms with van der Waals surface area (Å²) in [6.07, 6.45) is 8.69. The highest BCUT2D eigenvalue weighted by atomic mass is 15.0. The van der Waals surface area contributed by atoms with Crippen molar-refractivity contribution in [3.05, 3.63) is 17.1 Å². The Morgan fingerprint density at radius 1 is 1.19 bits per heavy atom. The Hall–Kier alpha value is -1.12. The van der Waals surface area contributed by atoms with E-state index in [0.29, 0.717) is 0 Å². The zero-order valence-electron chi connectivity index (χ0n) is 9.92. The fourth-order valence-corrected chi connectivity index (χ4v) is 2.52. The third-order valence-corrected chi connectivity index (χ3v) is 3.63. The normalized spacial score (nSPS) is 19.3. The predicted molar refractivity (Wildman–Crippen MR) is 64.6 cm³/mol. The van der Waals surface area contributed by atoms with E-state index < -0.39 is 0 Å². The molecular weight excluding hydrogens is 198 g/mol. The number of fused-ring (bicyclic) bond motifs is 1. The van der Waals surface area contributed by atoms with Crippen LogP contribution in [0.4, 0.5) is 5.82 Å². The fourth-order valence-electron chi connectivity index (χ4n) is 2.52. The first-order valence-electron chi connectivity index (χ1n) is 6.43. The second kappa shape index (κ2) is 4.04. The second-order valence-electron chi connectivity index (χ2n) is 5.02. The lowest BCUT2D eigenvalue weighted by Crippen LogP contribution is -2.13. The van der Waals surface area contributed by atoms with Crippen molar-refractivity contribution in [2.75, 3.05) is 12.4 Å². The van der Waals surface area contributed by atoms with Crippen molar-refractivity contribution in [2.45, 2.75) is 44.9 Å². The first-order chi connectivity index (χ1) is 7.86. The molecule has 1 aromatic heterocycles. The van der Waals surface area contributed by atoms with Gasteiger partial charge in [0.25, 0.3) is 0 Å². The molecule has 0 spiro atoms. The van der Waals surface area contributed by atoms with E-state index in [0.717, 1.165) is 36.8 Å². The minimum absolute atomic E-state index is 0.867. The minimum Gasteiger partial charge on any atom is -0.373 e. The standard InChI is InChI=1S/C13H19N3/c1-14-13-10-4-2-3-5-11(10)15-12(16-13)8-9-6-7-9/h9H,2-8H2,1H3,(H,14,15,16). The molecule has 2 aliphatic rings. The highest BCUT2D eigenvalue weighted by molar-refractivity contribution is 5.47. The summed E-state index contributed by atoms with van der Waals surface area (Å²) in [5.41, 5.74) is 2.68. The third kappa shape index (κ3) is 1.91. The number of aryl methyl sites for hydroxylation is 1. The zero-order chi connectivity index (χ0) is 11.0. The van der Waals surface area contributed by atoms with Crippen LogP contribution in [-0.4, -0.2) is 17.0 Å². The first kappa shape index (κ1) is 10.1. The molecule has 1 saturated carbocycles. The van der Waals surface area contributed by atoms with E-state index in [4.69, 9.17) is 4.98 Å². The van der Waals surface area contributed by atoms with Gasteiger partial charge in [-0.3, -0.25) is 0 Å². The van der Waals surface area contributed by atoms with Crippen molar-refractivity contribution in [3.63, 3.8) is 0 Å². The van der Waals surface area contributed by atoms with Gasteiger partial charge in [-0.05, 0) is 44.4 Å². The number of hydrogen-bond acceptors (Lipinski definition) is 3. The fraction of sp³-hybridized carbons (Fsp3) is 0.692. The third-order valence-electron chi connectivity index (χ3n) is 3.63. The van der Waals surface area contributed by atoms with E-state index in [-0.39, 0.29) is 0 Å². The molecule has 1 heterocycles. The topological polar surface area (TPSA) is 37.8 Å². The summed E-state index contributed by atoms with van der Waals surface area (Å²) >= 11 is 0. The summed E-state index contributed by atoms with van der Waals surface area (Å²) in [7, 11) is 1.97. The van der Waals surface area contributed by atoms with E-state index in [1.165, 1.54) is 36.9 Å². The molecule has 1 aromatic rings. The van der Waals surface area contributed by atoms with Gasteiger partial charge in [-0.25, -0.2) is 9.97 Å². The van der Waals surface area contributed by atoms with E-state index in [1.54, 1.807) is 0 Å². The molecule has 1 fully saturated rings. The van der Waals surface area contributed by atoms with Crippen molar-refractivity contribution in [1.29, 1.82) is 0 Å². The van der Waals surface area contributed by atoms with Crippen LogP contribution in [0.2, 0.25) is 0 Å². The van der Waals surface area contributed by atoms with Gasteiger partial charge in [0.1, 0.15) is 11.6 Å². The van der Waals surface area contributed by atoms with Gasteiger partial charge in [-0.2, -0.15) is 0 Å². The maximum absolute atomic E-state index is 4.75. The smallest absolute Gasteiger partial charge is 0.132 e. The predicted octanol–water partition coefficient (Wildman–Crippen LogP) is 2.35. The van der Waals surface area contributed by atoms with Crippen molar-refractivity contribution in [2.24, 2.45) is 5.92 Å². The van der Waals surface area contributed by atoms with Crippen LogP contribution in [0.3, 0.4) is 0 Å². The Labute approximate surface area is 96.7 Å². The van der Waals surface area contributed by atoms with Crippen LogP contribution in [0.15, 0.2) is 0 Å². The van der Waals surface area contributed by atoms with Gasteiger partial charge in [-0.15, -0.1) is 0 Å². The van der Waals surface area contributed by atoms with E-state index in [2.05, 4.69) is 10.3 Å². The van der Waals surface area contributed by atoms with Gasteiger partial charge < -0.3 is 5.32 Å². The summed E-state index contributed by atoms with van der Waals surface area (Å²) in [6.45, 7) is 0. The van der Waals surface area contributed by atoms with E-state index >= 15 is 0 Å². The molecule has 3 nitrogen and oxygen atoms in total. The SMILES string of the molecule is CNc1nc(CC2CC2)nc2c1CCCC2. The number of anilines is 1. The lowest BCUT2D eigenvalue weighted by molar-refractivity contribution is 0.649. The molecule has 0 aromatic carbocycles. The number of hydrogen-bond donors (Lipinski definition) is 1. The summed E-state index contributed by atoms with van der Waals surface area (Å²) in [5.74, 6) is 3.01. The molecule has 3 heteroatoms. The molecule has 0 saturated heterocycles. The average Bonchev–Trinajstić information content (AvgIpc) is 3.12. The van der Waals surface area contributed by atoms with Gasteiger partial charge in [0, 0.05) is 24.7 Å². The van der Waals surface area contributed by atoms with Gasteiger partial charge in [0.15, 0.2) is 0 Å². The summed E-state index contributed by atoms with van der Waals surface area (Å²) < 4.78 is 0. The Balaban J connectivity index is 1.94. The largest absolute Gasteiger partial charge is 0.373 e. The van der Waals surface area contributed by atoms with Crippen LogP contribution in [0.1, 0.15) is 42.8 Å². The van der Waals surface area contributed by atoms with Crippen LogP contribution >= 0.6 is 0 Å². The second-order valence-corrected chi connectivity index (χ2v) is 5.02. The van der Waals surface area contributed by atoms with Crippen molar-refractivity contribution >= 4 is 5.82 Å². The minimum atomic E-state index is 0.867. The number of rotatable bonds is 3. The van der Waals surface area contributed by atoms with Crippen LogP contribution in [-0.2, 0) is 19.3 Å². The highest BCUT2D eigenvalue weighted by Crippen LogP contribution is 2.33. The molecule has 0 unspecified atom stereocenters. The summed E-state index contributed by atoms with van der Waals surface area (Å²) in [4.78, 5) is 9.41. The van der Waals surface area contributed by atoms with Crippen molar-refractivity contribution in [3.8, 4) is 0 Å². The molecule has 0 radical (unpaired) electrons. The van der Waals surface area contributed by atoms with Gasteiger partial charge in [0.05, 0.1) is 0 Å². The maximum atomic E-state index is 4.75. The van der Waals surface area contributed by atoms with Crippen LogP contribution in [0.25, 0.3) is 0 Å². The molecule has 3 rings (SSSR count). The lowest BCUT2D eigenvalue weighted by Gasteiger charge is -2.18. The van der Waals surface area contributed by atoms with E-state index in [1.807, 2.05) is 7.05 Å². The average molecular weight is 217 g/mol. The molecule has 16 heavy (non-hydrogen) atoms. The maximum Gasteiger partial charge on any atom is 0.132 e. The number of aromatic nitrogens is 2. The van der Waals surface area contributed by atoms with Crippen LogP contribution in [0, 0.1) is 5.92 Å². The Morgan fingerprint density at radius 2 is 2.00 bits per heavy atom. The monoisotopic (exact) mass is 217 g/mol. The number of nitrogens with zero attached hydrogens (tertiary/aromatic N) is 2. The number of nitrogens with one attached hydrogen (secondary N) is 1. The molecule has 1 N–H and O–H groups in total. The highest BCUT2D eigenvalue weighted by Gasteiger charge is 2.24. The first-order valence-corrected chi connectivity index (χ1v) is 6.43.